The van der Waals surface area contributed by atoms with Gasteiger partial charge in [-0.1, -0.05) is 27.7 Å². The van der Waals surface area contributed by atoms with Crippen LogP contribution in [0.25, 0.3) is 0 Å². The normalized spacial score (nSPS) is 54.0. The van der Waals surface area contributed by atoms with Crippen molar-refractivity contribution in [2.45, 2.75) is 104 Å². The summed E-state index contributed by atoms with van der Waals surface area (Å²) >= 11 is 0. The number of hydrogen-bond donors (Lipinski definition) is 1. The van der Waals surface area contributed by atoms with Crippen molar-refractivity contribution in [3.63, 3.8) is 0 Å². The topological polar surface area (TPSA) is 20.2 Å². The van der Waals surface area contributed by atoms with Gasteiger partial charge in [0, 0.05) is 0 Å². The Labute approximate surface area is 174 Å². The number of fused-ring (bicyclic) bond motifs is 5. The second-order valence-corrected chi connectivity index (χ2v) is 12.8. The summed E-state index contributed by atoms with van der Waals surface area (Å²) in [6, 6.07) is 0. The van der Waals surface area contributed by atoms with Crippen LogP contribution in [-0.4, -0.2) is 11.2 Å². The summed E-state index contributed by atoms with van der Waals surface area (Å²) in [6.45, 7) is 10.2. The standard InChI is InChI=1S/C27H46O/c1-16(2)13-19-15-24(19)17(3)25-9-10-26-23-7-5-18-14-20(28)6-8-21(18)22(23)11-12-27(25,26)4/h16-26,28H,5-15H2,1-4H3/t17-,18+,19-,20?,21?,22?,23?,24+,25?,26?,27?/m1/s1. The maximum absolute atomic E-state index is 10.2. The molecule has 0 spiro atoms. The first kappa shape index (κ1) is 19.9. The lowest BCUT2D eigenvalue weighted by Gasteiger charge is -2.56. The van der Waals surface area contributed by atoms with Crippen molar-refractivity contribution < 1.29 is 5.11 Å². The van der Waals surface area contributed by atoms with Crippen LogP contribution in [0, 0.1) is 64.6 Å². The molecule has 5 aliphatic carbocycles. The van der Waals surface area contributed by atoms with Crippen LogP contribution in [0.3, 0.4) is 0 Å². The third-order valence-corrected chi connectivity index (χ3v) is 11.1. The van der Waals surface area contributed by atoms with Gasteiger partial charge in [-0.2, -0.15) is 0 Å². The molecule has 0 aromatic carbocycles. The predicted molar refractivity (Wildman–Crippen MR) is 117 cm³/mol. The molecule has 0 aliphatic heterocycles. The molecule has 28 heavy (non-hydrogen) atoms. The average molecular weight is 387 g/mol. The largest absolute Gasteiger partial charge is 0.393 e. The van der Waals surface area contributed by atoms with Crippen molar-refractivity contribution in [2.24, 2.45) is 64.6 Å². The summed E-state index contributed by atoms with van der Waals surface area (Å²) < 4.78 is 0. The molecular formula is C27H46O. The van der Waals surface area contributed by atoms with Crippen molar-refractivity contribution in [1.29, 1.82) is 0 Å². The first-order valence-electron chi connectivity index (χ1n) is 13.1. The Morgan fingerprint density at radius 1 is 0.857 bits per heavy atom. The summed E-state index contributed by atoms with van der Waals surface area (Å²) in [4.78, 5) is 0. The number of rotatable bonds is 4. The van der Waals surface area contributed by atoms with Gasteiger partial charge in [0.2, 0.25) is 0 Å². The summed E-state index contributed by atoms with van der Waals surface area (Å²) in [5.74, 6) is 9.83. The highest BCUT2D eigenvalue weighted by molar-refractivity contribution is 5.08. The molecule has 11 atom stereocenters. The summed E-state index contributed by atoms with van der Waals surface area (Å²) in [7, 11) is 0. The molecule has 5 aliphatic rings. The molecule has 5 fully saturated rings. The molecule has 0 aromatic rings. The van der Waals surface area contributed by atoms with Crippen LogP contribution in [0.2, 0.25) is 0 Å². The van der Waals surface area contributed by atoms with Crippen molar-refractivity contribution >= 4 is 0 Å². The van der Waals surface area contributed by atoms with Crippen LogP contribution >= 0.6 is 0 Å². The van der Waals surface area contributed by atoms with Crippen molar-refractivity contribution in [3.05, 3.63) is 0 Å². The highest BCUT2D eigenvalue weighted by Gasteiger charge is 2.59. The van der Waals surface area contributed by atoms with E-state index in [1.165, 1.54) is 57.8 Å². The minimum atomic E-state index is 0.0145. The van der Waals surface area contributed by atoms with E-state index >= 15 is 0 Å². The van der Waals surface area contributed by atoms with Gasteiger partial charge in [0.1, 0.15) is 0 Å². The van der Waals surface area contributed by atoms with E-state index in [1.807, 2.05) is 0 Å². The Balaban J connectivity index is 1.28. The molecule has 0 heterocycles. The van der Waals surface area contributed by atoms with Gasteiger partial charge < -0.3 is 5.11 Å². The molecule has 160 valence electrons. The third kappa shape index (κ3) is 3.21. The van der Waals surface area contributed by atoms with Crippen LogP contribution in [0.1, 0.15) is 98.3 Å². The van der Waals surface area contributed by atoms with Gasteiger partial charge in [-0.25, -0.2) is 0 Å². The molecule has 1 N–H and O–H groups in total. The summed E-state index contributed by atoms with van der Waals surface area (Å²) in [5, 5.41) is 10.2. The van der Waals surface area contributed by atoms with Crippen LogP contribution in [0.4, 0.5) is 0 Å². The fourth-order valence-electron chi connectivity index (χ4n) is 9.82. The van der Waals surface area contributed by atoms with Gasteiger partial charge in [-0.3, -0.25) is 0 Å². The number of hydrogen-bond acceptors (Lipinski definition) is 1. The first-order chi connectivity index (χ1) is 13.4. The van der Waals surface area contributed by atoms with Gasteiger partial charge in [-0.15, -0.1) is 0 Å². The van der Waals surface area contributed by atoms with E-state index in [1.54, 1.807) is 0 Å². The summed E-state index contributed by atoms with van der Waals surface area (Å²) in [5.41, 5.74) is 0.645. The molecule has 1 nitrogen and oxygen atoms in total. The Morgan fingerprint density at radius 3 is 2.43 bits per heavy atom. The smallest absolute Gasteiger partial charge is 0.0543 e. The van der Waals surface area contributed by atoms with Crippen molar-refractivity contribution in [3.8, 4) is 0 Å². The lowest BCUT2D eigenvalue weighted by molar-refractivity contribution is -0.0829. The highest BCUT2D eigenvalue weighted by Crippen LogP contribution is 2.67. The van der Waals surface area contributed by atoms with Gasteiger partial charge in [0.25, 0.3) is 0 Å². The molecule has 0 aromatic heterocycles. The van der Waals surface area contributed by atoms with Crippen LogP contribution in [0.15, 0.2) is 0 Å². The predicted octanol–water partition coefficient (Wildman–Crippen LogP) is 6.93. The van der Waals surface area contributed by atoms with E-state index in [0.29, 0.717) is 5.41 Å². The zero-order chi connectivity index (χ0) is 19.6. The van der Waals surface area contributed by atoms with E-state index < -0.39 is 0 Å². The van der Waals surface area contributed by atoms with E-state index in [4.69, 9.17) is 0 Å². The van der Waals surface area contributed by atoms with Gasteiger partial charge in [0.05, 0.1) is 6.10 Å². The fourth-order valence-corrected chi connectivity index (χ4v) is 9.82. The quantitative estimate of drug-likeness (QED) is 0.555. The monoisotopic (exact) mass is 386 g/mol. The Hall–Kier alpha value is -0.0400. The van der Waals surface area contributed by atoms with Crippen LogP contribution in [0.5, 0.6) is 0 Å². The van der Waals surface area contributed by atoms with E-state index in [-0.39, 0.29) is 6.10 Å². The van der Waals surface area contributed by atoms with E-state index in [9.17, 15) is 5.11 Å². The first-order valence-corrected chi connectivity index (χ1v) is 13.1. The molecule has 0 saturated heterocycles. The third-order valence-electron chi connectivity index (χ3n) is 11.1. The van der Waals surface area contributed by atoms with Crippen molar-refractivity contribution in [2.75, 3.05) is 0 Å². The SMILES string of the molecule is CC(C)C[C@@H]1C[C@H]1[C@@H](C)C1CCC2C3CC[C@H]4CC(O)CCC4C3CCC21C. The van der Waals surface area contributed by atoms with Gasteiger partial charge in [0.15, 0.2) is 0 Å². The molecule has 0 amide bonds. The molecule has 0 bridgehead atoms. The number of aliphatic hydroxyl groups excluding tert-OH is 1. The van der Waals surface area contributed by atoms with Gasteiger partial charge in [-0.05, 0) is 135 Å². The zero-order valence-corrected chi connectivity index (χ0v) is 19.1. The minimum Gasteiger partial charge on any atom is -0.393 e. The summed E-state index contributed by atoms with van der Waals surface area (Å²) in [6.07, 6.45) is 15.6. The number of aliphatic hydroxyl groups is 1. The van der Waals surface area contributed by atoms with Crippen molar-refractivity contribution in [1.82, 2.24) is 0 Å². The zero-order valence-electron chi connectivity index (χ0n) is 19.1. The second-order valence-electron chi connectivity index (χ2n) is 12.8. The maximum Gasteiger partial charge on any atom is 0.0543 e. The maximum atomic E-state index is 10.2. The van der Waals surface area contributed by atoms with E-state index in [2.05, 4.69) is 27.7 Å². The highest BCUT2D eigenvalue weighted by atomic mass is 16.3. The fraction of sp³-hybridized carbons (Fsp3) is 1.00. The molecule has 5 rings (SSSR count). The minimum absolute atomic E-state index is 0.0145. The molecular weight excluding hydrogens is 340 g/mol. The van der Waals surface area contributed by atoms with Gasteiger partial charge >= 0.3 is 0 Å². The van der Waals surface area contributed by atoms with E-state index in [0.717, 1.165) is 72.0 Å². The average Bonchev–Trinajstić information content (AvgIpc) is 3.31. The lowest BCUT2D eigenvalue weighted by Crippen LogP contribution is -2.49. The van der Waals surface area contributed by atoms with Crippen LogP contribution < -0.4 is 0 Å². The second kappa shape index (κ2) is 7.28. The molecule has 1 heteroatoms. The molecule has 7 unspecified atom stereocenters. The Morgan fingerprint density at radius 2 is 1.64 bits per heavy atom. The van der Waals surface area contributed by atoms with Crippen LogP contribution in [-0.2, 0) is 0 Å². The lowest BCUT2D eigenvalue weighted by atomic mass is 9.49. The molecule has 5 saturated carbocycles. The molecule has 0 radical (unpaired) electrons. The Bertz CT molecular complexity index is 569. The Kier molecular flexibility index (Phi) is 5.17.